The van der Waals surface area contributed by atoms with Crippen molar-refractivity contribution in [2.24, 2.45) is 5.10 Å². The molecule has 0 fully saturated rings. The minimum atomic E-state index is 0.193. The van der Waals surface area contributed by atoms with Gasteiger partial charge in [-0.1, -0.05) is 42.0 Å². The van der Waals surface area contributed by atoms with Crippen LogP contribution in [-0.2, 0) is 0 Å². The molecule has 0 aliphatic rings. The first-order valence-corrected chi connectivity index (χ1v) is 7.12. The zero-order valence-corrected chi connectivity index (χ0v) is 12.7. The number of aromatic nitrogens is 3. The predicted molar refractivity (Wildman–Crippen MR) is 88.7 cm³/mol. The van der Waals surface area contributed by atoms with Gasteiger partial charge in [-0.15, -0.1) is 0 Å². The van der Waals surface area contributed by atoms with Crippen LogP contribution in [0.15, 0.2) is 53.6 Å². The third kappa shape index (κ3) is 2.96. The van der Waals surface area contributed by atoms with E-state index in [0.717, 1.165) is 11.1 Å². The van der Waals surface area contributed by atoms with Crippen LogP contribution in [0.4, 0.5) is 0 Å². The van der Waals surface area contributed by atoms with Crippen molar-refractivity contribution in [3.05, 3.63) is 64.4 Å². The molecule has 0 amide bonds. The van der Waals surface area contributed by atoms with Crippen LogP contribution < -0.4 is 0 Å². The van der Waals surface area contributed by atoms with Crippen molar-refractivity contribution < 1.29 is 5.11 Å². The molecular weight excluding hydrogens is 296 g/mol. The second-order valence-electron chi connectivity index (χ2n) is 4.87. The number of hydrogen-bond acceptors (Lipinski definition) is 4. The number of aryl methyl sites for hydroxylation is 1. The summed E-state index contributed by atoms with van der Waals surface area (Å²) in [6, 6.07) is 14.8. The standard InChI is InChI=1S/C16H14N4OS/c1-11-5-7-13(8-6-11)15-18-19-16(22)20(15)17-10-12-3-2-4-14(21)9-12/h2-10,21H,1H3,(H,19,22)/b17-10+. The zero-order valence-electron chi connectivity index (χ0n) is 11.9. The van der Waals surface area contributed by atoms with Gasteiger partial charge in [0.05, 0.1) is 6.21 Å². The first-order valence-electron chi connectivity index (χ1n) is 6.71. The van der Waals surface area contributed by atoms with Crippen molar-refractivity contribution in [1.29, 1.82) is 0 Å². The Morgan fingerprint density at radius 1 is 1.23 bits per heavy atom. The molecule has 0 unspecified atom stereocenters. The molecule has 2 N–H and O–H groups in total. The van der Waals surface area contributed by atoms with Crippen molar-refractivity contribution in [1.82, 2.24) is 14.9 Å². The Morgan fingerprint density at radius 2 is 2.00 bits per heavy atom. The van der Waals surface area contributed by atoms with Crippen molar-refractivity contribution in [3.63, 3.8) is 0 Å². The second kappa shape index (κ2) is 5.95. The minimum Gasteiger partial charge on any atom is -0.508 e. The molecule has 0 saturated heterocycles. The van der Waals surface area contributed by atoms with E-state index in [4.69, 9.17) is 12.2 Å². The van der Waals surface area contributed by atoms with Crippen LogP contribution in [0.2, 0.25) is 0 Å². The van der Waals surface area contributed by atoms with Crippen LogP contribution in [-0.4, -0.2) is 26.2 Å². The van der Waals surface area contributed by atoms with E-state index in [1.165, 1.54) is 5.56 Å². The number of phenolic OH excluding ortho intramolecular Hbond substituents is 1. The van der Waals surface area contributed by atoms with Gasteiger partial charge < -0.3 is 5.11 Å². The first kappa shape index (κ1) is 14.2. The molecule has 0 atom stereocenters. The maximum absolute atomic E-state index is 9.48. The number of phenols is 1. The largest absolute Gasteiger partial charge is 0.508 e. The highest BCUT2D eigenvalue weighted by Crippen LogP contribution is 2.18. The molecule has 6 heteroatoms. The summed E-state index contributed by atoms with van der Waals surface area (Å²) in [4.78, 5) is 0. The van der Waals surface area contributed by atoms with Crippen LogP contribution in [0.3, 0.4) is 0 Å². The van der Waals surface area contributed by atoms with Gasteiger partial charge in [0.2, 0.25) is 4.77 Å². The lowest BCUT2D eigenvalue weighted by atomic mass is 10.1. The van der Waals surface area contributed by atoms with Gasteiger partial charge in [-0.2, -0.15) is 14.9 Å². The summed E-state index contributed by atoms with van der Waals surface area (Å²) in [5.41, 5.74) is 2.87. The van der Waals surface area contributed by atoms with Crippen LogP contribution in [0.5, 0.6) is 5.75 Å². The van der Waals surface area contributed by atoms with E-state index in [1.54, 1.807) is 29.1 Å². The Labute approximate surface area is 132 Å². The number of aromatic amines is 1. The van der Waals surface area contributed by atoms with Gasteiger partial charge in [0.1, 0.15) is 5.75 Å². The SMILES string of the molecule is Cc1ccc(-c2n[nH]c(=S)n2/N=C/c2cccc(O)c2)cc1. The smallest absolute Gasteiger partial charge is 0.216 e. The van der Waals surface area contributed by atoms with Gasteiger partial charge in [-0.05, 0) is 36.8 Å². The Kier molecular flexibility index (Phi) is 3.84. The Bertz CT molecular complexity index is 878. The number of hydrogen-bond donors (Lipinski definition) is 2. The molecule has 1 aromatic heterocycles. The second-order valence-corrected chi connectivity index (χ2v) is 5.26. The van der Waals surface area contributed by atoms with Crippen molar-refractivity contribution in [2.45, 2.75) is 6.92 Å². The molecule has 3 rings (SSSR count). The molecule has 1 heterocycles. The lowest BCUT2D eigenvalue weighted by Crippen LogP contribution is -1.95. The third-order valence-corrected chi connectivity index (χ3v) is 3.42. The lowest BCUT2D eigenvalue weighted by Gasteiger charge is -2.01. The third-order valence-electron chi connectivity index (χ3n) is 3.15. The molecule has 0 bridgehead atoms. The van der Waals surface area contributed by atoms with Gasteiger partial charge >= 0.3 is 0 Å². The molecule has 5 nitrogen and oxygen atoms in total. The van der Waals surface area contributed by atoms with E-state index in [2.05, 4.69) is 15.3 Å². The van der Waals surface area contributed by atoms with Gasteiger partial charge in [0, 0.05) is 5.56 Å². The van der Waals surface area contributed by atoms with E-state index in [0.29, 0.717) is 10.6 Å². The number of benzene rings is 2. The molecule has 0 spiro atoms. The number of rotatable bonds is 3. The van der Waals surface area contributed by atoms with Gasteiger partial charge in [0.25, 0.3) is 0 Å². The summed E-state index contributed by atoms with van der Waals surface area (Å²) in [6.07, 6.45) is 1.63. The summed E-state index contributed by atoms with van der Waals surface area (Å²) in [7, 11) is 0. The molecule has 110 valence electrons. The van der Waals surface area contributed by atoms with Gasteiger partial charge in [-0.25, -0.2) is 5.10 Å². The van der Waals surface area contributed by atoms with Crippen LogP contribution in [0, 0.1) is 11.7 Å². The highest BCUT2D eigenvalue weighted by atomic mass is 32.1. The van der Waals surface area contributed by atoms with Gasteiger partial charge in [-0.3, -0.25) is 0 Å². The monoisotopic (exact) mass is 310 g/mol. The maximum atomic E-state index is 9.48. The quantitative estimate of drug-likeness (QED) is 0.575. The molecule has 3 aromatic rings. The van der Waals surface area contributed by atoms with Crippen LogP contribution in [0.1, 0.15) is 11.1 Å². The highest BCUT2D eigenvalue weighted by Gasteiger charge is 2.07. The van der Waals surface area contributed by atoms with Crippen molar-refractivity contribution in [2.75, 3.05) is 0 Å². The van der Waals surface area contributed by atoms with E-state index in [9.17, 15) is 5.11 Å². The minimum absolute atomic E-state index is 0.193. The maximum Gasteiger partial charge on any atom is 0.216 e. The fraction of sp³-hybridized carbons (Fsp3) is 0.0625. The average molecular weight is 310 g/mol. The first-order chi connectivity index (χ1) is 10.6. The number of nitrogens with one attached hydrogen (secondary N) is 1. The van der Waals surface area contributed by atoms with E-state index in [-0.39, 0.29) is 5.75 Å². The molecule has 0 aliphatic carbocycles. The fourth-order valence-corrected chi connectivity index (χ4v) is 2.20. The zero-order chi connectivity index (χ0) is 15.5. The lowest BCUT2D eigenvalue weighted by molar-refractivity contribution is 0.475. The van der Waals surface area contributed by atoms with E-state index >= 15 is 0 Å². The molecular formula is C16H14N4OS. The molecule has 0 radical (unpaired) electrons. The van der Waals surface area contributed by atoms with Crippen LogP contribution in [0.25, 0.3) is 11.4 Å². The fourth-order valence-electron chi connectivity index (χ4n) is 2.02. The van der Waals surface area contributed by atoms with E-state index in [1.807, 2.05) is 37.3 Å². The highest BCUT2D eigenvalue weighted by molar-refractivity contribution is 7.71. The Hall–Kier alpha value is -2.73. The summed E-state index contributed by atoms with van der Waals surface area (Å²) in [6.45, 7) is 2.03. The number of nitrogens with zero attached hydrogens (tertiary/aromatic N) is 3. The normalized spacial score (nSPS) is 11.1. The molecule has 22 heavy (non-hydrogen) atoms. The molecule has 2 aromatic carbocycles. The predicted octanol–water partition coefficient (Wildman–Crippen LogP) is 3.50. The summed E-state index contributed by atoms with van der Waals surface area (Å²) < 4.78 is 1.97. The van der Waals surface area contributed by atoms with E-state index < -0.39 is 0 Å². The van der Waals surface area contributed by atoms with Crippen molar-refractivity contribution >= 4 is 18.4 Å². The van der Waals surface area contributed by atoms with Crippen molar-refractivity contribution in [3.8, 4) is 17.1 Å². The number of aromatic hydroxyl groups is 1. The average Bonchev–Trinajstić information content (AvgIpc) is 2.87. The number of H-pyrrole nitrogens is 1. The van der Waals surface area contributed by atoms with Gasteiger partial charge in [0.15, 0.2) is 5.82 Å². The molecule has 0 saturated carbocycles. The molecule has 0 aliphatic heterocycles. The Morgan fingerprint density at radius 3 is 2.73 bits per heavy atom. The topological polar surface area (TPSA) is 66.2 Å². The summed E-state index contributed by atoms with van der Waals surface area (Å²) in [5.74, 6) is 0.833. The Balaban J connectivity index is 1.99. The van der Waals surface area contributed by atoms with Crippen LogP contribution >= 0.6 is 12.2 Å². The summed E-state index contributed by atoms with van der Waals surface area (Å²) >= 11 is 5.22. The summed E-state index contributed by atoms with van der Waals surface area (Å²) in [5, 5.41) is 20.8.